The van der Waals surface area contributed by atoms with E-state index in [0.717, 1.165) is 12.3 Å². The lowest BCUT2D eigenvalue weighted by atomic mass is 9.86. The molecule has 0 saturated heterocycles. The minimum atomic E-state index is 0.753. The normalized spacial score (nSPS) is 13.9. The Bertz CT molecular complexity index is 913. The maximum absolute atomic E-state index is 2.46. The van der Waals surface area contributed by atoms with E-state index in [1.54, 1.807) is 5.56 Å². The Labute approximate surface area is 151 Å². The summed E-state index contributed by atoms with van der Waals surface area (Å²) in [5.74, 6) is 0.753. The first-order valence-electron chi connectivity index (χ1n) is 9.48. The summed E-state index contributed by atoms with van der Waals surface area (Å²) in [6.07, 6.45) is 3.74. The van der Waals surface area contributed by atoms with Gasteiger partial charge in [0.15, 0.2) is 0 Å². The van der Waals surface area contributed by atoms with Gasteiger partial charge >= 0.3 is 0 Å². The summed E-state index contributed by atoms with van der Waals surface area (Å²) in [4.78, 5) is 0. The maximum Gasteiger partial charge on any atom is -0.0140 e. The third-order valence-electron chi connectivity index (χ3n) is 5.54. The SMILES string of the molecule is CCc1ccccc1-c1cc(-c2ccccc2C)c(C2CC2)cc1C. The molecule has 0 unspecified atom stereocenters. The molecule has 126 valence electrons. The van der Waals surface area contributed by atoms with Crippen molar-refractivity contribution < 1.29 is 0 Å². The van der Waals surface area contributed by atoms with Crippen LogP contribution in [-0.2, 0) is 6.42 Å². The predicted octanol–water partition coefficient (Wildman–Crippen LogP) is 7.08. The van der Waals surface area contributed by atoms with Crippen LogP contribution in [0, 0.1) is 13.8 Å². The molecular weight excluding hydrogens is 300 g/mol. The van der Waals surface area contributed by atoms with Gasteiger partial charge in [0.25, 0.3) is 0 Å². The van der Waals surface area contributed by atoms with Crippen molar-refractivity contribution in [3.63, 3.8) is 0 Å². The second-order valence-electron chi connectivity index (χ2n) is 7.35. The molecule has 0 bridgehead atoms. The fraction of sp³-hybridized carbons (Fsp3) is 0.280. The fourth-order valence-corrected chi connectivity index (χ4v) is 3.95. The monoisotopic (exact) mass is 326 g/mol. The zero-order valence-electron chi connectivity index (χ0n) is 15.5. The van der Waals surface area contributed by atoms with Crippen LogP contribution in [0.15, 0.2) is 60.7 Å². The largest absolute Gasteiger partial charge is 0.0620 e. The van der Waals surface area contributed by atoms with E-state index >= 15 is 0 Å². The summed E-state index contributed by atoms with van der Waals surface area (Å²) >= 11 is 0. The van der Waals surface area contributed by atoms with Crippen molar-refractivity contribution in [2.24, 2.45) is 0 Å². The van der Waals surface area contributed by atoms with Gasteiger partial charge in [-0.25, -0.2) is 0 Å². The number of benzene rings is 3. The Kier molecular flexibility index (Phi) is 4.21. The lowest BCUT2D eigenvalue weighted by Gasteiger charge is -2.18. The molecule has 0 N–H and O–H groups in total. The molecule has 1 aliphatic carbocycles. The van der Waals surface area contributed by atoms with Crippen LogP contribution in [0.2, 0.25) is 0 Å². The molecule has 0 atom stereocenters. The molecule has 0 radical (unpaired) electrons. The minimum Gasteiger partial charge on any atom is -0.0620 e. The highest BCUT2D eigenvalue weighted by molar-refractivity contribution is 5.81. The Balaban J connectivity index is 1.96. The van der Waals surface area contributed by atoms with E-state index in [4.69, 9.17) is 0 Å². The molecular formula is C25H26. The van der Waals surface area contributed by atoms with Gasteiger partial charge in [-0.3, -0.25) is 0 Å². The molecule has 3 aromatic rings. The third-order valence-corrected chi connectivity index (χ3v) is 5.54. The average Bonchev–Trinajstić information content (AvgIpc) is 3.47. The van der Waals surface area contributed by atoms with E-state index in [2.05, 4.69) is 81.4 Å². The summed E-state index contributed by atoms with van der Waals surface area (Å²) in [7, 11) is 0. The van der Waals surface area contributed by atoms with E-state index in [1.165, 1.54) is 51.8 Å². The van der Waals surface area contributed by atoms with Gasteiger partial charge < -0.3 is 0 Å². The van der Waals surface area contributed by atoms with Crippen LogP contribution in [0.25, 0.3) is 22.3 Å². The van der Waals surface area contributed by atoms with Gasteiger partial charge in [0.1, 0.15) is 0 Å². The molecule has 25 heavy (non-hydrogen) atoms. The van der Waals surface area contributed by atoms with Crippen molar-refractivity contribution in [2.75, 3.05) is 0 Å². The average molecular weight is 326 g/mol. The first kappa shape index (κ1) is 16.1. The molecule has 1 aliphatic rings. The van der Waals surface area contributed by atoms with Crippen LogP contribution in [0.3, 0.4) is 0 Å². The lowest BCUT2D eigenvalue weighted by molar-refractivity contribution is 1.12. The molecule has 0 aromatic heterocycles. The van der Waals surface area contributed by atoms with Crippen molar-refractivity contribution in [1.82, 2.24) is 0 Å². The second-order valence-corrected chi connectivity index (χ2v) is 7.35. The minimum absolute atomic E-state index is 0.753. The summed E-state index contributed by atoms with van der Waals surface area (Å²) in [5, 5.41) is 0. The molecule has 0 amide bonds. The van der Waals surface area contributed by atoms with Gasteiger partial charge in [0.2, 0.25) is 0 Å². The standard InChI is InChI=1S/C25H26/c1-4-19-10-6-8-12-22(19)23-16-25(21-11-7-5-9-17(21)2)24(15-18(23)3)20-13-14-20/h5-12,15-16,20H,4,13-14H2,1-3H3. The molecule has 0 nitrogen and oxygen atoms in total. The summed E-state index contributed by atoms with van der Waals surface area (Å²) in [6.45, 7) is 6.75. The summed E-state index contributed by atoms with van der Waals surface area (Å²) in [6, 6.07) is 22.6. The van der Waals surface area contributed by atoms with E-state index in [0.29, 0.717) is 0 Å². The number of aryl methyl sites for hydroxylation is 3. The predicted molar refractivity (Wildman–Crippen MR) is 108 cm³/mol. The molecule has 1 fully saturated rings. The smallest absolute Gasteiger partial charge is 0.0140 e. The number of hydrogen-bond acceptors (Lipinski definition) is 0. The first-order valence-corrected chi connectivity index (χ1v) is 9.48. The van der Waals surface area contributed by atoms with E-state index in [-0.39, 0.29) is 0 Å². The summed E-state index contributed by atoms with van der Waals surface area (Å²) in [5.41, 5.74) is 11.3. The second kappa shape index (κ2) is 6.52. The van der Waals surface area contributed by atoms with E-state index < -0.39 is 0 Å². The number of hydrogen-bond donors (Lipinski definition) is 0. The highest BCUT2D eigenvalue weighted by Gasteiger charge is 2.27. The molecule has 1 saturated carbocycles. The van der Waals surface area contributed by atoms with Crippen LogP contribution in [0.5, 0.6) is 0 Å². The Hall–Kier alpha value is -2.34. The van der Waals surface area contributed by atoms with Gasteiger partial charge in [0, 0.05) is 0 Å². The zero-order chi connectivity index (χ0) is 17.4. The fourth-order valence-electron chi connectivity index (χ4n) is 3.95. The third kappa shape index (κ3) is 3.02. The molecule has 0 heteroatoms. The van der Waals surface area contributed by atoms with Gasteiger partial charge in [-0.1, -0.05) is 61.5 Å². The molecule has 3 aromatic carbocycles. The Morgan fingerprint density at radius 3 is 2.08 bits per heavy atom. The first-order chi connectivity index (χ1) is 12.2. The Morgan fingerprint density at radius 2 is 1.40 bits per heavy atom. The summed E-state index contributed by atoms with van der Waals surface area (Å²) < 4.78 is 0. The van der Waals surface area contributed by atoms with Crippen molar-refractivity contribution in [3.8, 4) is 22.3 Å². The highest BCUT2D eigenvalue weighted by Crippen LogP contribution is 2.47. The Morgan fingerprint density at radius 1 is 0.720 bits per heavy atom. The van der Waals surface area contributed by atoms with Crippen LogP contribution in [-0.4, -0.2) is 0 Å². The van der Waals surface area contributed by atoms with Crippen LogP contribution >= 0.6 is 0 Å². The van der Waals surface area contributed by atoms with Crippen molar-refractivity contribution in [1.29, 1.82) is 0 Å². The molecule has 0 heterocycles. The van der Waals surface area contributed by atoms with Crippen molar-refractivity contribution in [2.45, 2.75) is 46.0 Å². The van der Waals surface area contributed by atoms with Gasteiger partial charge in [-0.15, -0.1) is 0 Å². The van der Waals surface area contributed by atoms with Gasteiger partial charge in [-0.05, 0) is 89.6 Å². The topological polar surface area (TPSA) is 0 Å². The van der Waals surface area contributed by atoms with Gasteiger partial charge in [0.05, 0.1) is 0 Å². The van der Waals surface area contributed by atoms with Crippen molar-refractivity contribution in [3.05, 3.63) is 82.9 Å². The van der Waals surface area contributed by atoms with Crippen LogP contribution in [0.1, 0.15) is 47.9 Å². The van der Waals surface area contributed by atoms with Crippen molar-refractivity contribution >= 4 is 0 Å². The van der Waals surface area contributed by atoms with Crippen LogP contribution in [0.4, 0.5) is 0 Å². The van der Waals surface area contributed by atoms with E-state index in [1.807, 2.05) is 0 Å². The maximum atomic E-state index is 2.46. The lowest BCUT2D eigenvalue weighted by Crippen LogP contribution is -1.96. The quantitative estimate of drug-likeness (QED) is 0.480. The highest BCUT2D eigenvalue weighted by atomic mass is 14.3. The molecule has 0 aliphatic heterocycles. The van der Waals surface area contributed by atoms with Crippen LogP contribution < -0.4 is 0 Å². The molecule has 0 spiro atoms. The zero-order valence-corrected chi connectivity index (χ0v) is 15.5. The van der Waals surface area contributed by atoms with E-state index in [9.17, 15) is 0 Å². The van der Waals surface area contributed by atoms with Gasteiger partial charge in [-0.2, -0.15) is 0 Å². The molecule has 4 rings (SSSR count). The number of rotatable bonds is 4.